The Morgan fingerprint density at radius 3 is 2.68 bits per heavy atom. The molecule has 0 spiro atoms. The normalized spacial score (nSPS) is 10.1. The van der Waals surface area contributed by atoms with E-state index in [4.69, 9.17) is 4.74 Å². The summed E-state index contributed by atoms with van der Waals surface area (Å²) in [6.45, 7) is 6.43. The first-order valence-electron chi connectivity index (χ1n) is 6.86. The zero-order valence-electron chi connectivity index (χ0n) is 12.2. The SMILES string of the molecule is CCCC[n+]1cn(CCC)cc1CCC(=O)OC.[I-]. The van der Waals surface area contributed by atoms with Crippen LogP contribution in [0.2, 0.25) is 0 Å². The molecule has 19 heavy (non-hydrogen) atoms. The Hall–Kier alpha value is -0.590. The van der Waals surface area contributed by atoms with E-state index in [0.717, 1.165) is 25.9 Å². The number of imidazole rings is 1. The van der Waals surface area contributed by atoms with Gasteiger partial charge in [-0.1, -0.05) is 20.3 Å². The van der Waals surface area contributed by atoms with Gasteiger partial charge in [-0.25, -0.2) is 9.13 Å². The topological polar surface area (TPSA) is 35.1 Å². The number of hydrogen-bond acceptors (Lipinski definition) is 2. The first-order valence-corrected chi connectivity index (χ1v) is 6.86. The summed E-state index contributed by atoms with van der Waals surface area (Å²) in [7, 11) is 1.44. The standard InChI is InChI=1S/C14H25N2O2.HI/c1-4-6-10-16-12-15(9-5-2)11-13(16)7-8-14(17)18-3;/h11-12H,4-10H2,1-3H3;1H/q+1;/p-1. The third-order valence-electron chi connectivity index (χ3n) is 3.02. The summed E-state index contributed by atoms with van der Waals surface area (Å²) in [5, 5.41) is 0. The second-order valence-electron chi connectivity index (χ2n) is 4.60. The maximum Gasteiger partial charge on any atom is 0.305 e. The molecule has 4 nitrogen and oxygen atoms in total. The van der Waals surface area contributed by atoms with Crippen molar-refractivity contribution >= 4 is 5.97 Å². The number of unbranched alkanes of at least 4 members (excludes halogenated alkanes) is 1. The van der Waals surface area contributed by atoms with E-state index in [1.807, 2.05) is 0 Å². The van der Waals surface area contributed by atoms with E-state index >= 15 is 0 Å². The smallest absolute Gasteiger partial charge is 0.305 e. The van der Waals surface area contributed by atoms with Crippen LogP contribution >= 0.6 is 0 Å². The number of esters is 1. The van der Waals surface area contributed by atoms with Crippen molar-refractivity contribution in [2.45, 2.75) is 59.0 Å². The Bertz CT molecular complexity index is 378. The molecule has 0 fully saturated rings. The Morgan fingerprint density at radius 2 is 2.11 bits per heavy atom. The van der Waals surface area contributed by atoms with Gasteiger partial charge in [0.25, 0.3) is 0 Å². The molecule has 0 aliphatic heterocycles. The summed E-state index contributed by atoms with van der Waals surface area (Å²) in [6, 6.07) is 0. The van der Waals surface area contributed by atoms with Crippen molar-refractivity contribution in [1.82, 2.24) is 4.57 Å². The van der Waals surface area contributed by atoms with Crippen molar-refractivity contribution in [2.75, 3.05) is 7.11 Å². The summed E-state index contributed by atoms with van der Waals surface area (Å²) < 4.78 is 9.17. The van der Waals surface area contributed by atoms with E-state index in [9.17, 15) is 4.79 Å². The van der Waals surface area contributed by atoms with E-state index in [0.29, 0.717) is 6.42 Å². The average molecular weight is 380 g/mol. The number of carbonyl (C=O) groups excluding carboxylic acids is 1. The highest BCUT2D eigenvalue weighted by Crippen LogP contribution is 2.02. The van der Waals surface area contributed by atoms with Gasteiger partial charge in [0.1, 0.15) is 11.9 Å². The Balaban J connectivity index is 0.00000324. The first kappa shape index (κ1) is 18.4. The number of methoxy groups -OCH3 is 1. The number of aromatic nitrogens is 2. The van der Waals surface area contributed by atoms with Gasteiger partial charge >= 0.3 is 5.97 Å². The van der Waals surface area contributed by atoms with Gasteiger partial charge in [0.2, 0.25) is 6.33 Å². The molecule has 0 aliphatic rings. The molecule has 0 radical (unpaired) electrons. The van der Waals surface area contributed by atoms with Gasteiger partial charge in [-0.05, 0) is 12.8 Å². The Morgan fingerprint density at radius 1 is 1.37 bits per heavy atom. The third-order valence-corrected chi connectivity index (χ3v) is 3.02. The van der Waals surface area contributed by atoms with E-state index in [1.54, 1.807) is 0 Å². The van der Waals surface area contributed by atoms with Crippen molar-refractivity contribution in [3.8, 4) is 0 Å². The number of halogens is 1. The van der Waals surface area contributed by atoms with Crippen LogP contribution in [-0.4, -0.2) is 17.6 Å². The molecule has 110 valence electrons. The van der Waals surface area contributed by atoms with Crippen LogP contribution in [0.1, 0.15) is 45.2 Å². The zero-order chi connectivity index (χ0) is 13.4. The molecule has 5 heteroatoms. The molecular weight excluding hydrogens is 355 g/mol. The molecular formula is C14H25IN2O2. The number of aryl methyl sites for hydroxylation is 3. The maximum absolute atomic E-state index is 11.2. The summed E-state index contributed by atoms with van der Waals surface area (Å²) >= 11 is 0. The van der Waals surface area contributed by atoms with Crippen molar-refractivity contribution in [1.29, 1.82) is 0 Å². The second kappa shape index (κ2) is 10.2. The lowest BCUT2D eigenvalue weighted by molar-refractivity contribution is -0.703. The molecule has 0 bridgehead atoms. The number of ether oxygens (including phenoxy) is 1. The number of carbonyl (C=O) groups is 1. The molecule has 1 aromatic rings. The minimum absolute atomic E-state index is 0. The van der Waals surface area contributed by atoms with Gasteiger partial charge in [-0.3, -0.25) is 4.79 Å². The van der Waals surface area contributed by atoms with Crippen LogP contribution in [0.4, 0.5) is 0 Å². The molecule has 0 saturated heterocycles. The molecule has 0 atom stereocenters. The molecule has 1 heterocycles. The molecule has 0 saturated carbocycles. The minimum atomic E-state index is -0.139. The molecule has 0 aromatic carbocycles. The van der Waals surface area contributed by atoms with Gasteiger partial charge in [0.05, 0.1) is 26.6 Å². The van der Waals surface area contributed by atoms with E-state index in [1.165, 1.54) is 25.6 Å². The van der Waals surface area contributed by atoms with Crippen LogP contribution in [0.15, 0.2) is 12.5 Å². The second-order valence-corrected chi connectivity index (χ2v) is 4.60. The van der Waals surface area contributed by atoms with Crippen molar-refractivity contribution in [3.05, 3.63) is 18.2 Å². The van der Waals surface area contributed by atoms with Gasteiger partial charge in [0.15, 0.2) is 0 Å². The fraction of sp³-hybridized carbons (Fsp3) is 0.714. The summed E-state index contributed by atoms with van der Waals surface area (Å²) in [4.78, 5) is 11.2. The van der Waals surface area contributed by atoms with Crippen LogP contribution in [0, 0.1) is 0 Å². The molecule has 1 rings (SSSR count). The largest absolute Gasteiger partial charge is 1.00 e. The molecule has 0 amide bonds. The van der Waals surface area contributed by atoms with Crippen LogP contribution in [-0.2, 0) is 29.0 Å². The third kappa shape index (κ3) is 6.40. The van der Waals surface area contributed by atoms with Gasteiger partial charge in [-0.2, -0.15) is 0 Å². The van der Waals surface area contributed by atoms with Crippen LogP contribution in [0.25, 0.3) is 0 Å². The molecule has 1 aromatic heterocycles. The average Bonchev–Trinajstić information content (AvgIpc) is 2.76. The fourth-order valence-electron chi connectivity index (χ4n) is 2.00. The van der Waals surface area contributed by atoms with E-state index in [-0.39, 0.29) is 29.9 Å². The van der Waals surface area contributed by atoms with Crippen molar-refractivity contribution in [3.63, 3.8) is 0 Å². The maximum atomic E-state index is 11.2. The zero-order valence-corrected chi connectivity index (χ0v) is 14.4. The quantitative estimate of drug-likeness (QED) is 0.333. The highest BCUT2D eigenvalue weighted by atomic mass is 127. The lowest BCUT2D eigenvalue weighted by atomic mass is 10.2. The lowest BCUT2D eigenvalue weighted by Crippen LogP contribution is -3.00. The number of nitrogens with zero attached hydrogens (tertiary/aromatic N) is 2. The van der Waals surface area contributed by atoms with Crippen LogP contribution in [0.3, 0.4) is 0 Å². The van der Waals surface area contributed by atoms with Crippen LogP contribution in [0.5, 0.6) is 0 Å². The number of hydrogen-bond donors (Lipinski definition) is 0. The van der Waals surface area contributed by atoms with Crippen molar-refractivity contribution in [2.24, 2.45) is 0 Å². The summed E-state index contributed by atoms with van der Waals surface area (Å²) in [5.41, 5.74) is 1.22. The van der Waals surface area contributed by atoms with E-state index < -0.39 is 0 Å². The van der Waals surface area contributed by atoms with Crippen LogP contribution < -0.4 is 28.5 Å². The molecule has 0 unspecified atom stereocenters. The minimum Gasteiger partial charge on any atom is -1.00 e. The lowest BCUT2D eigenvalue weighted by Gasteiger charge is -2.00. The number of rotatable bonds is 8. The summed E-state index contributed by atoms with van der Waals surface area (Å²) in [6.07, 6.45) is 9.01. The monoisotopic (exact) mass is 380 g/mol. The summed E-state index contributed by atoms with van der Waals surface area (Å²) in [5.74, 6) is -0.139. The molecule has 0 aliphatic carbocycles. The highest BCUT2D eigenvalue weighted by molar-refractivity contribution is 5.69. The predicted octanol–water partition coefficient (Wildman–Crippen LogP) is -0.905. The molecule has 0 N–H and O–H groups in total. The highest BCUT2D eigenvalue weighted by Gasteiger charge is 2.14. The first-order chi connectivity index (χ1) is 8.71. The Labute approximate surface area is 133 Å². The van der Waals surface area contributed by atoms with Gasteiger partial charge < -0.3 is 28.7 Å². The predicted molar refractivity (Wildman–Crippen MR) is 70.2 cm³/mol. The van der Waals surface area contributed by atoms with Gasteiger partial charge in [0, 0.05) is 6.42 Å². The van der Waals surface area contributed by atoms with Crippen molar-refractivity contribution < 1.29 is 38.1 Å². The van der Waals surface area contributed by atoms with E-state index in [2.05, 4.69) is 35.5 Å². The van der Waals surface area contributed by atoms with Gasteiger partial charge in [-0.15, -0.1) is 0 Å². The fourth-order valence-corrected chi connectivity index (χ4v) is 2.00. The Kier molecular flexibility index (Phi) is 9.91.